The van der Waals surface area contributed by atoms with Crippen molar-refractivity contribution in [1.82, 2.24) is 14.3 Å². The van der Waals surface area contributed by atoms with Crippen LogP contribution in [0.1, 0.15) is 34.6 Å². The number of aromatic nitrogens is 2. The number of carbonyl (C=O) groups is 1. The number of carbonyl (C=O) groups excluding carboxylic acids is 1. The Bertz CT molecular complexity index is 918. The lowest BCUT2D eigenvalue weighted by atomic mass is 9.92. The maximum Gasteiger partial charge on any atom is 0.274 e. The molecule has 0 radical (unpaired) electrons. The van der Waals surface area contributed by atoms with E-state index >= 15 is 0 Å². The van der Waals surface area contributed by atoms with Gasteiger partial charge in [-0.15, -0.1) is 11.3 Å². The average molecular weight is 357 g/mol. The van der Waals surface area contributed by atoms with Crippen LogP contribution >= 0.6 is 11.3 Å². The number of rotatable bonds is 3. The first-order valence-electron chi connectivity index (χ1n) is 8.10. The molecule has 0 spiro atoms. The topological polar surface area (TPSA) is 56.1 Å². The third kappa shape index (κ3) is 2.55. The predicted octanol–water partition coefficient (Wildman–Crippen LogP) is 3.17. The summed E-state index contributed by atoms with van der Waals surface area (Å²) in [5, 5.41) is 1.95. The number of amides is 1. The Kier molecular flexibility index (Phi) is 3.88. The van der Waals surface area contributed by atoms with Crippen molar-refractivity contribution in [3.05, 3.63) is 46.7 Å². The SMILES string of the molecule is COc1cc2c(cc1OC)[C@@H](C)N(C(=O)c1cn3ccsc3n1)CC2. The van der Waals surface area contributed by atoms with E-state index in [0.717, 1.165) is 22.7 Å². The van der Waals surface area contributed by atoms with E-state index in [9.17, 15) is 4.79 Å². The van der Waals surface area contributed by atoms with Gasteiger partial charge in [0.15, 0.2) is 16.5 Å². The summed E-state index contributed by atoms with van der Waals surface area (Å²) in [6.45, 7) is 2.70. The first-order valence-corrected chi connectivity index (χ1v) is 8.98. The van der Waals surface area contributed by atoms with Crippen LogP contribution in [-0.2, 0) is 6.42 Å². The lowest BCUT2D eigenvalue weighted by Crippen LogP contribution is -2.39. The molecule has 7 heteroatoms. The van der Waals surface area contributed by atoms with Gasteiger partial charge in [0.1, 0.15) is 5.69 Å². The smallest absolute Gasteiger partial charge is 0.274 e. The van der Waals surface area contributed by atoms with Crippen LogP contribution in [0.5, 0.6) is 11.5 Å². The van der Waals surface area contributed by atoms with Gasteiger partial charge < -0.3 is 14.4 Å². The van der Waals surface area contributed by atoms with Gasteiger partial charge in [-0.3, -0.25) is 9.20 Å². The zero-order chi connectivity index (χ0) is 17.6. The van der Waals surface area contributed by atoms with Crippen molar-refractivity contribution in [1.29, 1.82) is 0 Å². The molecule has 3 aromatic rings. The standard InChI is InChI=1S/C18H19N3O3S/c1-11-13-9-16(24-3)15(23-2)8-12(13)4-5-21(11)17(22)14-10-20-6-7-25-18(20)19-14/h6-11H,4-5H2,1-3H3/t11-/m1/s1. The molecule has 0 aliphatic carbocycles. The second-order valence-corrected chi connectivity index (χ2v) is 6.92. The van der Waals surface area contributed by atoms with Gasteiger partial charge in [-0.1, -0.05) is 0 Å². The minimum absolute atomic E-state index is 0.0381. The van der Waals surface area contributed by atoms with Gasteiger partial charge in [0, 0.05) is 24.3 Å². The Labute approximate surface area is 149 Å². The molecule has 0 unspecified atom stereocenters. The van der Waals surface area contributed by atoms with Crippen molar-refractivity contribution in [3.63, 3.8) is 0 Å². The van der Waals surface area contributed by atoms with Crippen LogP contribution in [0.25, 0.3) is 4.96 Å². The maximum atomic E-state index is 13.0. The van der Waals surface area contributed by atoms with Crippen molar-refractivity contribution in [3.8, 4) is 11.5 Å². The normalized spacial score (nSPS) is 16.8. The van der Waals surface area contributed by atoms with Crippen LogP contribution in [0.15, 0.2) is 29.9 Å². The largest absolute Gasteiger partial charge is 0.493 e. The fourth-order valence-electron chi connectivity index (χ4n) is 3.40. The van der Waals surface area contributed by atoms with Crippen LogP contribution in [-0.4, -0.2) is 41.0 Å². The number of fused-ring (bicyclic) bond motifs is 2. The van der Waals surface area contributed by atoms with Crippen molar-refractivity contribution >= 4 is 22.2 Å². The van der Waals surface area contributed by atoms with E-state index in [1.54, 1.807) is 20.4 Å². The molecule has 25 heavy (non-hydrogen) atoms. The summed E-state index contributed by atoms with van der Waals surface area (Å²) in [4.78, 5) is 20.1. The molecule has 1 aliphatic heterocycles. The number of nitrogens with zero attached hydrogens (tertiary/aromatic N) is 3. The molecular weight excluding hydrogens is 338 g/mol. The summed E-state index contributed by atoms with van der Waals surface area (Å²) < 4.78 is 12.7. The predicted molar refractivity (Wildman–Crippen MR) is 95.8 cm³/mol. The molecule has 130 valence electrons. The molecule has 1 aliphatic rings. The Morgan fingerprint density at radius 3 is 2.76 bits per heavy atom. The van der Waals surface area contributed by atoms with Crippen LogP contribution in [0.3, 0.4) is 0 Å². The van der Waals surface area contributed by atoms with Gasteiger partial charge in [-0.05, 0) is 36.6 Å². The lowest BCUT2D eigenvalue weighted by molar-refractivity contribution is 0.0672. The number of thiazole rings is 1. The second-order valence-electron chi connectivity index (χ2n) is 6.05. The number of methoxy groups -OCH3 is 2. The van der Waals surface area contributed by atoms with E-state index in [1.165, 1.54) is 16.9 Å². The summed E-state index contributed by atoms with van der Waals surface area (Å²) in [6.07, 6.45) is 4.49. The van der Waals surface area contributed by atoms with Crippen LogP contribution < -0.4 is 9.47 Å². The summed E-state index contributed by atoms with van der Waals surface area (Å²) in [7, 11) is 3.26. The highest BCUT2D eigenvalue weighted by Gasteiger charge is 2.30. The van der Waals surface area contributed by atoms with Crippen molar-refractivity contribution in [2.24, 2.45) is 0 Å². The minimum atomic E-state index is -0.0456. The third-order valence-corrected chi connectivity index (χ3v) is 5.53. The fraction of sp³-hybridized carbons (Fsp3) is 0.333. The second kappa shape index (κ2) is 6.07. The van der Waals surface area contributed by atoms with Crippen molar-refractivity contribution in [2.45, 2.75) is 19.4 Å². The number of benzene rings is 1. The fourth-order valence-corrected chi connectivity index (χ4v) is 4.10. The van der Waals surface area contributed by atoms with E-state index in [1.807, 2.05) is 39.9 Å². The molecular formula is C18H19N3O3S. The average Bonchev–Trinajstić information content (AvgIpc) is 3.22. The molecule has 0 saturated carbocycles. The highest BCUT2D eigenvalue weighted by atomic mass is 32.1. The zero-order valence-electron chi connectivity index (χ0n) is 14.4. The summed E-state index contributed by atoms with van der Waals surface area (Å²) in [6, 6.07) is 3.94. The van der Waals surface area contributed by atoms with Gasteiger partial charge in [-0.2, -0.15) is 0 Å². The van der Waals surface area contributed by atoms with E-state index in [2.05, 4.69) is 4.98 Å². The molecule has 0 fully saturated rings. The quantitative estimate of drug-likeness (QED) is 0.722. The Hall–Kier alpha value is -2.54. The van der Waals surface area contributed by atoms with E-state index < -0.39 is 0 Å². The molecule has 0 bridgehead atoms. The summed E-state index contributed by atoms with van der Waals surface area (Å²) >= 11 is 1.52. The number of imidazole rings is 1. The summed E-state index contributed by atoms with van der Waals surface area (Å²) in [5.41, 5.74) is 2.78. The Morgan fingerprint density at radius 2 is 2.04 bits per heavy atom. The monoisotopic (exact) mass is 357 g/mol. The lowest BCUT2D eigenvalue weighted by Gasteiger charge is -2.35. The molecule has 0 saturated heterocycles. The molecule has 6 nitrogen and oxygen atoms in total. The molecule has 1 aromatic carbocycles. The van der Waals surface area contributed by atoms with E-state index in [0.29, 0.717) is 18.0 Å². The maximum absolute atomic E-state index is 13.0. The van der Waals surface area contributed by atoms with Gasteiger partial charge in [-0.25, -0.2) is 4.98 Å². The van der Waals surface area contributed by atoms with Gasteiger partial charge in [0.25, 0.3) is 5.91 Å². The Morgan fingerprint density at radius 1 is 1.28 bits per heavy atom. The first kappa shape index (κ1) is 16.0. The van der Waals surface area contributed by atoms with E-state index in [4.69, 9.17) is 9.47 Å². The number of ether oxygens (including phenoxy) is 2. The highest BCUT2D eigenvalue weighted by molar-refractivity contribution is 7.15. The van der Waals surface area contributed by atoms with Crippen LogP contribution in [0, 0.1) is 0 Å². The zero-order valence-corrected chi connectivity index (χ0v) is 15.2. The Balaban J connectivity index is 1.67. The van der Waals surface area contributed by atoms with Gasteiger partial charge in [0.2, 0.25) is 0 Å². The molecule has 0 N–H and O–H groups in total. The van der Waals surface area contributed by atoms with Gasteiger partial charge in [0.05, 0.1) is 20.3 Å². The highest BCUT2D eigenvalue weighted by Crippen LogP contribution is 2.38. The van der Waals surface area contributed by atoms with Crippen molar-refractivity contribution in [2.75, 3.05) is 20.8 Å². The third-order valence-electron chi connectivity index (χ3n) is 4.76. The molecule has 3 heterocycles. The van der Waals surface area contributed by atoms with E-state index in [-0.39, 0.29) is 11.9 Å². The van der Waals surface area contributed by atoms with Crippen molar-refractivity contribution < 1.29 is 14.3 Å². The molecule has 1 atom stereocenters. The summed E-state index contributed by atoms with van der Waals surface area (Å²) in [5.74, 6) is 1.37. The first-order chi connectivity index (χ1) is 12.1. The van der Waals surface area contributed by atoms with Crippen LogP contribution in [0.2, 0.25) is 0 Å². The molecule has 4 rings (SSSR count). The number of hydrogen-bond acceptors (Lipinski definition) is 5. The van der Waals surface area contributed by atoms with Gasteiger partial charge >= 0.3 is 0 Å². The minimum Gasteiger partial charge on any atom is -0.493 e. The molecule has 2 aromatic heterocycles. The number of hydrogen-bond donors (Lipinski definition) is 0. The van der Waals surface area contributed by atoms with Crippen LogP contribution in [0.4, 0.5) is 0 Å². The molecule has 1 amide bonds.